The van der Waals surface area contributed by atoms with Gasteiger partial charge in [0, 0.05) is 6.61 Å². The monoisotopic (exact) mass is 248 g/mol. The van der Waals surface area contributed by atoms with E-state index in [0.29, 0.717) is 6.10 Å². The molecule has 0 saturated heterocycles. The van der Waals surface area contributed by atoms with Crippen molar-refractivity contribution in [2.75, 3.05) is 6.61 Å². The summed E-state index contributed by atoms with van der Waals surface area (Å²) in [4.78, 5) is 0. The van der Waals surface area contributed by atoms with E-state index in [4.69, 9.17) is 4.74 Å². The summed E-state index contributed by atoms with van der Waals surface area (Å²) in [5.74, 6) is 0.732. The van der Waals surface area contributed by atoms with Gasteiger partial charge in [-0.05, 0) is 31.2 Å². The molecule has 0 aromatic heterocycles. The van der Waals surface area contributed by atoms with E-state index < -0.39 is 0 Å². The van der Waals surface area contributed by atoms with Gasteiger partial charge in [0.05, 0.1) is 6.10 Å². The molecular weight excluding hydrogens is 220 g/mol. The van der Waals surface area contributed by atoms with Gasteiger partial charge in [0.25, 0.3) is 0 Å². The molecule has 0 bridgehead atoms. The Morgan fingerprint density at radius 1 is 1.06 bits per heavy atom. The van der Waals surface area contributed by atoms with Crippen LogP contribution in [0.5, 0.6) is 0 Å². The average Bonchev–Trinajstić information content (AvgIpc) is 2.49. The fraction of sp³-hybridized carbons (Fsp3) is 0.647. The van der Waals surface area contributed by atoms with Gasteiger partial charge in [-0.25, -0.2) is 0 Å². The molecule has 1 heteroatoms. The van der Waals surface area contributed by atoms with Crippen LogP contribution in [0.4, 0.5) is 0 Å². The molecule has 1 aromatic rings. The van der Waals surface area contributed by atoms with Gasteiger partial charge in [0.15, 0.2) is 0 Å². The summed E-state index contributed by atoms with van der Waals surface area (Å²) in [6.45, 7) is 6.91. The van der Waals surface area contributed by atoms with Crippen molar-refractivity contribution in [3.05, 3.63) is 35.9 Å². The highest BCUT2D eigenvalue weighted by atomic mass is 16.5. The number of hydrogen-bond acceptors (Lipinski definition) is 1. The van der Waals surface area contributed by atoms with Gasteiger partial charge in [-0.2, -0.15) is 0 Å². The van der Waals surface area contributed by atoms with Gasteiger partial charge >= 0.3 is 0 Å². The van der Waals surface area contributed by atoms with Crippen molar-refractivity contribution in [2.45, 2.75) is 59.0 Å². The predicted molar refractivity (Wildman–Crippen MR) is 78.7 cm³/mol. The molecule has 0 spiro atoms. The molecule has 1 unspecified atom stereocenters. The van der Waals surface area contributed by atoms with Gasteiger partial charge in [-0.3, -0.25) is 0 Å². The van der Waals surface area contributed by atoms with E-state index in [2.05, 4.69) is 37.3 Å². The van der Waals surface area contributed by atoms with Crippen molar-refractivity contribution >= 4 is 0 Å². The highest BCUT2D eigenvalue weighted by Gasteiger charge is 2.25. The first-order valence-electron chi connectivity index (χ1n) is 7.58. The van der Waals surface area contributed by atoms with Gasteiger partial charge in [-0.1, -0.05) is 63.4 Å². The molecule has 1 nitrogen and oxygen atoms in total. The van der Waals surface area contributed by atoms with Gasteiger partial charge in [0.2, 0.25) is 0 Å². The molecule has 1 atom stereocenters. The first-order valence-corrected chi connectivity index (χ1v) is 7.58. The Kier molecular flexibility index (Phi) is 7.75. The number of ether oxygens (including phenoxy) is 1. The lowest BCUT2D eigenvalue weighted by atomic mass is 9.82. The quantitative estimate of drug-likeness (QED) is 0.696. The summed E-state index contributed by atoms with van der Waals surface area (Å²) < 4.78 is 5.97. The molecule has 2 rings (SSSR count). The molecule has 1 saturated carbocycles. The number of rotatable bonds is 4. The molecule has 0 amide bonds. The Hall–Kier alpha value is -0.820. The molecule has 0 aliphatic heterocycles. The van der Waals surface area contributed by atoms with Crippen molar-refractivity contribution in [1.82, 2.24) is 0 Å². The second-order valence-corrected chi connectivity index (χ2v) is 4.68. The minimum absolute atomic E-state index is 0.325. The van der Waals surface area contributed by atoms with Gasteiger partial charge in [-0.15, -0.1) is 0 Å². The minimum Gasteiger partial charge on any atom is -0.374 e. The molecule has 1 aliphatic carbocycles. The SMILES string of the molecule is CC.CCOC(c1ccccc1)C1CCCCC1. The first kappa shape index (κ1) is 15.2. The predicted octanol–water partition coefficient (Wildman–Crippen LogP) is 5.37. The van der Waals surface area contributed by atoms with Crippen LogP contribution in [-0.4, -0.2) is 6.61 Å². The maximum absolute atomic E-state index is 5.97. The van der Waals surface area contributed by atoms with Crippen molar-refractivity contribution in [1.29, 1.82) is 0 Å². The fourth-order valence-corrected chi connectivity index (χ4v) is 2.76. The van der Waals surface area contributed by atoms with Gasteiger partial charge in [0.1, 0.15) is 0 Å². The van der Waals surface area contributed by atoms with Crippen LogP contribution in [0.2, 0.25) is 0 Å². The molecule has 1 aromatic carbocycles. The molecule has 0 N–H and O–H groups in total. The molecular formula is C17H28O. The second-order valence-electron chi connectivity index (χ2n) is 4.68. The van der Waals surface area contributed by atoms with Crippen molar-refractivity contribution < 1.29 is 4.74 Å². The molecule has 18 heavy (non-hydrogen) atoms. The highest BCUT2D eigenvalue weighted by Crippen LogP contribution is 2.36. The largest absolute Gasteiger partial charge is 0.374 e. The van der Waals surface area contributed by atoms with Crippen molar-refractivity contribution in [2.24, 2.45) is 5.92 Å². The average molecular weight is 248 g/mol. The Labute approximate surface area is 113 Å². The van der Waals surface area contributed by atoms with E-state index in [-0.39, 0.29) is 0 Å². The Bertz CT molecular complexity index is 288. The summed E-state index contributed by atoms with van der Waals surface area (Å²) in [5, 5.41) is 0. The summed E-state index contributed by atoms with van der Waals surface area (Å²) in [5.41, 5.74) is 1.36. The zero-order chi connectivity index (χ0) is 13.2. The van der Waals surface area contributed by atoms with Crippen LogP contribution in [0.3, 0.4) is 0 Å². The van der Waals surface area contributed by atoms with E-state index in [1.54, 1.807) is 0 Å². The summed E-state index contributed by atoms with van der Waals surface area (Å²) in [7, 11) is 0. The summed E-state index contributed by atoms with van der Waals surface area (Å²) >= 11 is 0. The maximum atomic E-state index is 5.97. The third-order valence-corrected chi connectivity index (χ3v) is 3.55. The zero-order valence-electron chi connectivity index (χ0n) is 12.2. The smallest absolute Gasteiger partial charge is 0.0852 e. The van der Waals surface area contributed by atoms with Crippen LogP contribution in [-0.2, 0) is 4.74 Å². The van der Waals surface area contributed by atoms with Crippen LogP contribution in [0, 0.1) is 5.92 Å². The van der Waals surface area contributed by atoms with Crippen LogP contribution >= 0.6 is 0 Å². The normalized spacial score (nSPS) is 17.7. The maximum Gasteiger partial charge on any atom is 0.0852 e. The summed E-state index contributed by atoms with van der Waals surface area (Å²) in [6, 6.07) is 10.7. The van der Waals surface area contributed by atoms with Crippen LogP contribution in [0.15, 0.2) is 30.3 Å². The lowest BCUT2D eigenvalue weighted by molar-refractivity contribution is 0.00564. The standard InChI is InChI=1S/C15H22O.C2H6/c1-2-16-15(13-9-5-3-6-10-13)14-11-7-4-8-12-14;1-2/h3,5-6,9-10,14-15H,2,4,7-8,11-12H2,1H3;1-2H3. The zero-order valence-corrected chi connectivity index (χ0v) is 12.2. The Morgan fingerprint density at radius 2 is 1.67 bits per heavy atom. The second kappa shape index (κ2) is 9.16. The molecule has 0 heterocycles. The van der Waals surface area contributed by atoms with Crippen molar-refractivity contribution in [3.63, 3.8) is 0 Å². The van der Waals surface area contributed by atoms with Crippen LogP contribution in [0.1, 0.15) is 64.5 Å². The van der Waals surface area contributed by atoms with Crippen LogP contribution < -0.4 is 0 Å². The number of hydrogen-bond donors (Lipinski definition) is 0. The third-order valence-electron chi connectivity index (χ3n) is 3.55. The Balaban J connectivity index is 0.000000771. The molecule has 102 valence electrons. The highest BCUT2D eigenvalue weighted by molar-refractivity contribution is 5.18. The third kappa shape index (κ3) is 4.45. The fourth-order valence-electron chi connectivity index (χ4n) is 2.76. The van der Waals surface area contributed by atoms with Crippen LogP contribution in [0.25, 0.3) is 0 Å². The lowest BCUT2D eigenvalue weighted by Gasteiger charge is -2.30. The van der Waals surface area contributed by atoms with E-state index in [1.807, 2.05) is 13.8 Å². The van der Waals surface area contributed by atoms with Gasteiger partial charge < -0.3 is 4.74 Å². The van der Waals surface area contributed by atoms with E-state index in [1.165, 1.54) is 37.7 Å². The summed E-state index contributed by atoms with van der Waals surface area (Å²) in [6.07, 6.45) is 7.15. The van der Waals surface area contributed by atoms with Crippen molar-refractivity contribution in [3.8, 4) is 0 Å². The van der Waals surface area contributed by atoms with E-state index in [0.717, 1.165) is 12.5 Å². The first-order chi connectivity index (χ1) is 8.92. The number of benzene rings is 1. The minimum atomic E-state index is 0.325. The molecule has 0 radical (unpaired) electrons. The van der Waals surface area contributed by atoms with E-state index in [9.17, 15) is 0 Å². The molecule has 1 aliphatic rings. The lowest BCUT2D eigenvalue weighted by Crippen LogP contribution is -2.19. The Morgan fingerprint density at radius 3 is 2.22 bits per heavy atom. The van der Waals surface area contributed by atoms with E-state index >= 15 is 0 Å². The molecule has 1 fully saturated rings. The topological polar surface area (TPSA) is 9.23 Å².